The van der Waals surface area contributed by atoms with E-state index in [2.05, 4.69) is 155 Å². The molecule has 0 bridgehead atoms. The molecule has 1 aromatic heterocycles. The van der Waals surface area contributed by atoms with E-state index in [1.807, 2.05) is 0 Å². The number of nitrogens with zero attached hydrogens (tertiary/aromatic N) is 2. The number of rotatable bonds is 4. The van der Waals surface area contributed by atoms with Gasteiger partial charge in [0.25, 0.3) is 0 Å². The first-order valence-corrected chi connectivity index (χ1v) is 12.3. The van der Waals surface area contributed by atoms with Gasteiger partial charge in [0, 0.05) is 33.5 Å². The van der Waals surface area contributed by atoms with E-state index >= 15 is 0 Å². The van der Waals surface area contributed by atoms with Crippen LogP contribution in [0.2, 0.25) is 0 Å². The zero-order valence-electron chi connectivity index (χ0n) is 19.8. The Morgan fingerprint density at radius 1 is 0.389 bits per heavy atom. The van der Waals surface area contributed by atoms with E-state index in [-0.39, 0.29) is 0 Å². The molecule has 0 saturated carbocycles. The summed E-state index contributed by atoms with van der Waals surface area (Å²) in [4.78, 5) is 2.32. The van der Waals surface area contributed by atoms with Crippen molar-refractivity contribution in [2.45, 2.75) is 0 Å². The van der Waals surface area contributed by atoms with Gasteiger partial charge in [-0.3, -0.25) is 0 Å². The largest absolute Gasteiger partial charge is 0.310 e. The maximum atomic E-state index is 2.39. The van der Waals surface area contributed by atoms with Crippen LogP contribution in [-0.2, 0) is 0 Å². The highest BCUT2D eigenvalue weighted by Crippen LogP contribution is 2.39. The smallest absolute Gasteiger partial charge is 0.0542 e. The van der Waals surface area contributed by atoms with Gasteiger partial charge in [0.15, 0.2) is 0 Å². The fourth-order valence-electron chi connectivity index (χ4n) is 5.30. The van der Waals surface area contributed by atoms with Gasteiger partial charge in [-0.2, -0.15) is 0 Å². The molecule has 1 heterocycles. The second-order valence-electron chi connectivity index (χ2n) is 9.09. The molecular weight excluding hydrogens is 436 g/mol. The van der Waals surface area contributed by atoms with Crippen molar-refractivity contribution >= 4 is 49.6 Å². The van der Waals surface area contributed by atoms with E-state index < -0.39 is 0 Å². The van der Waals surface area contributed by atoms with Gasteiger partial charge in [-0.1, -0.05) is 84.9 Å². The molecule has 0 radical (unpaired) electrons. The maximum Gasteiger partial charge on any atom is 0.0542 e. The first-order valence-electron chi connectivity index (χ1n) is 12.3. The van der Waals surface area contributed by atoms with Crippen LogP contribution < -0.4 is 4.90 Å². The van der Waals surface area contributed by atoms with E-state index in [9.17, 15) is 0 Å². The summed E-state index contributed by atoms with van der Waals surface area (Å²) in [5.74, 6) is 0. The van der Waals surface area contributed by atoms with Gasteiger partial charge < -0.3 is 9.47 Å². The molecule has 7 rings (SSSR count). The first-order chi connectivity index (χ1) is 17.9. The molecular formula is C34H24N2. The van der Waals surface area contributed by atoms with Crippen LogP contribution in [0, 0.1) is 0 Å². The Bertz CT molecular complexity index is 1790. The summed E-state index contributed by atoms with van der Waals surface area (Å²) in [6, 6.07) is 51.9. The second kappa shape index (κ2) is 8.44. The number of hydrogen-bond donors (Lipinski definition) is 0. The molecule has 0 atom stereocenters. The van der Waals surface area contributed by atoms with Crippen LogP contribution in [0.4, 0.5) is 17.1 Å². The molecule has 170 valence electrons. The number of aromatic nitrogens is 1. The Hall–Kier alpha value is -4.82. The molecule has 0 amide bonds. The molecule has 0 saturated heterocycles. The van der Waals surface area contributed by atoms with Crippen LogP contribution in [-0.4, -0.2) is 4.57 Å². The van der Waals surface area contributed by atoms with E-state index in [0.29, 0.717) is 0 Å². The molecule has 0 aliphatic heterocycles. The quantitative estimate of drug-likeness (QED) is 0.254. The lowest BCUT2D eigenvalue weighted by atomic mass is 10.1. The zero-order chi connectivity index (χ0) is 23.9. The van der Waals surface area contributed by atoms with Gasteiger partial charge in [0.1, 0.15) is 0 Å². The van der Waals surface area contributed by atoms with Crippen molar-refractivity contribution in [1.29, 1.82) is 0 Å². The minimum Gasteiger partial charge on any atom is -0.310 e. The van der Waals surface area contributed by atoms with Crippen LogP contribution in [0.15, 0.2) is 146 Å². The number of para-hydroxylation sites is 3. The molecule has 7 aromatic rings. The summed E-state index contributed by atoms with van der Waals surface area (Å²) in [5, 5.41) is 5.00. The summed E-state index contributed by atoms with van der Waals surface area (Å²) >= 11 is 0. The fourth-order valence-corrected chi connectivity index (χ4v) is 5.30. The number of fused-ring (bicyclic) bond motifs is 4. The lowest BCUT2D eigenvalue weighted by Gasteiger charge is -2.25. The van der Waals surface area contributed by atoms with E-state index in [4.69, 9.17) is 0 Å². The molecule has 0 fully saturated rings. The second-order valence-corrected chi connectivity index (χ2v) is 9.09. The van der Waals surface area contributed by atoms with Crippen LogP contribution in [0.5, 0.6) is 0 Å². The Balaban J connectivity index is 1.48. The first kappa shape index (κ1) is 20.5. The lowest BCUT2D eigenvalue weighted by molar-refractivity contribution is 1.18. The van der Waals surface area contributed by atoms with Crippen molar-refractivity contribution in [3.63, 3.8) is 0 Å². The summed E-state index contributed by atoms with van der Waals surface area (Å²) in [7, 11) is 0. The number of anilines is 3. The highest BCUT2D eigenvalue weighted by molar-refractivity contribution is 6.11. The topological polar surface area (TPSA) is 8.17 Å². The molecule has 2 heteroatoms. The summed E-state index contributed by atoms with van der Waals surface area (Å²) < 4.78 is 2.39. The van der Waals surface area contributed by atoms with Crippen LogP contribution in [0.3, 0.4) is 0 Å². The SMILES string of the molecule is c1ccc(N(c2ccccc2)c2ccc3c(c2)c2ccccc2n3-c2ccc3ccccc3c2)cc1. The molecule has 0 spiro atoms. The number of hydrogen-bond acceptors (Lipinski definition) is 1. The van der Waals surface area contributed by atoms with Gasteiger partial charge in [0.05, 0.1) is 11.0 Å². The third kappa shape index (κ3) is 3.35. The van der Waals surface area contributed by atoms with E-state index in [1.54, 1.807) is 0 Å². The Morgan fingerprint density at radius 2 is 1.00 bits per heavy atom. The lowest BCUT2D eigenvalue weighted by Crippen LogP contribution is -2.09. The average Bonchev–Trinajstić information content (AvgIpc) is 3.28. The highest BCUT2D eigenvalue weighted by atomic mass is 15.1. The fraction of sp³-hybridized carbons (Fsp3) is 0. The maximum absolute atomic E-state index is 2.39. The molecule has 0 N–H and O–H groups in total. The minimum absolute atomic E-state index is 1.14. The summed E-state index contributed by atoms with van der Waals surface area (Å²) in [6.45, 7) is 0. The summed E-state index contributed by atoms with van der Waals surface area (Å²) in [5.41, 5.74) is 7.02. The summed E-state index contributed by atoms with van der Waals surface area (Å²) in [6.07, 6.45) is 0. The van der Waals surface area contributed by atoms with Crippen molar-refractivity contribution in [2.75, 3.05) is 4.90 Å². The van der Waals surface area contributed by atoms with Crippen molar-refractivity contribution in [3.05, 3.63) is 146 Å². The Kier molecular flexibility index (Phi) is 4.82. The predicted molar refractivity (Wildman–Crippen MR) is 153 cm³/mol. The van der Waals surface area contributed by atoms with Gasteiger partial charge in [-0.15, -0.1) is 0 Å². The van der Waals surface area contributed by atoms with Gasteiger partial charge in [0.2, 0.25) is 0 Å². The van der Waals surface area contributed by atoms with Gasteiger partial charge in [-0.05, 0) is 71.4 Å². The van der Waals surface area contributed by atoms with Gasteiger partial charge >= 0.3 is 0 Å². The molecule has 0 aliphatic carbocycles. The average molecular weight is 461 g/mol. The molecule has 2 nitrogen and oxygen atoms in total. The standard InChI is InChI=1S/C34H24N2/c1-3-13-27(14-4-1)35(28-15-5-2-6-16-28)30-21-22-34-32(24-30)31-17-9-10-18-33(31)36(34)29-20-19-25-11-7-8-12-26(25)23-29/h1-24H. The normalized spacial score (nSPS) is 11.3. The third-order valence-corrected chi connectivity index (χ3v) is 6.93. The molecule has 36 heavy (non-hydrogen) atoms. The zero-order valence-corrected chi connectivity index (χ0v) is 19.8. The third-order valence-electron chi connectivity index (χ3n) is 6.93. The molecule has 0 unspecified atom stereocenters. The van der Waals surface area contributed by atoms with E-state index in [0.717, 1.165) is 17.1 Å². The van der Waals surface area contributed by atoms with E-state index in [1.165, 1.54) is 38.3 Å². The molecule has 6 aromatic carbocycles. The van der Waals surface area contributed by atoms with Crippen molar-refractivity contribution < 1.29 is 0 Å². The van der Waals surface area contributed by atoms with Crippen molar-refractivity contribution in [3.8, 4) is 5.69 Å². The van der Waals surface area contributed by atoms with Crippen LogP contribution >= 0.6 is 0 Å². The van der Waals surface area contributed by atoms with Crippen molar-refractivity contribution in [2.24, 2.45) is 0 Å². The predicted octanol–water partition coefficient (Wildman–Crippen LogP) is 9.41. The Labute approximate surface area is 210 Å². The number of benzene rings is 6. The van der Waals surface area contributed by atoms with Crippen LogP contribution in [0.1, 0.15) is 0 Å². The highest BCUT2D eigenvalue weighted by Gasteiger charge is 2.17. The van der Waals surface area contributed by atoms with Gasteiger partial charge in [-0.25, -0.2) is 0 Å². The minimum atomic E-state index is 1.14. The monoisotopic (exact) mass is 460 g/mol. The molecule has 0 aliphatic rings. The van der Waals surface area contributed by atoms with Crippen LogP contribution in [0.25, 0.3) is 38.3 Å². The van der Waals surface area contributed by atoms with Crippen molar-refractivity contribution in [1.82, 2.24) is 4.57 Å². The Morgan fingerprint density at radius 3 is 1.75 bits per heavy atom.